The molecule has 0 spiro atoms. The molecule has 1 fully saturated rings. The average Bonchev–Trinajstić information content (AvgIpc) is 3.20. The minimum Gasteiger partial charge on any atom is -0.352 e. The van der Waals surface area contributed by atoms with Gasteiger partial charge in [0, 0.05) is 30.6 Å². The summed E-state index contributed by atoms with van der Waals surface area (Å²) in [7, 11) is 0. The summed E-state index contributed by atoms with van der Waals surface area (Å²) in [5.41, 5.74) is 0.552. The van der Waals surface area contributed by atoms with E-state index < -0.39 is 4.92 Å². The molecule has 1 saturated heterocycles. The summed E-state index contributed by atoms with van der Waals surface area (Å²) in [6, 6.07) is 4.49. The van der Waals surface area contributed by atoms with E-state index in [1.54, 1.807) is 29.1 Å². The number of benzene rings is 1. The van der Waals surface area contributed by atoms with Crippen LogP contribution in [0.3, 0.4) is 0 Å². The number of hydrogen-bond acceptors (Lipinski definition) is 5. The Morgan fingerprint density at radius 3 is 2.77 bits per heavy atom. The maximum Gasteiger partial charge on any atom is 0.294 e. The quantitative estimate of drug-likeness (QED) is 0.466. The highest BCUT2D eigenvalue weighted by atomic mass is 16.6. The molecule has 8 nitrogen and oxygen atoms in total. The van der Waals surface area contributed by atoms with E-state index in [1.165, 1.54) is 31.7 Å². The summed E-state index contributed by atoms with van der Waals surface area (Å²) in [6.45, 7) is 3.80. The van der Waals surface area contributed by atoms with Crippen LogP contribution in [0.15, 0.2) is 36.9 Å². The van der Waals surface area contributed by atoms with Crippen molar-refractivity contribution in [3.63, 3.8) is 0 Å². The van der Waals surface area contributed by atoms with Crippen molar-refractivity contribution >= 4 is 11.6 Å². The summed E-state index contributed by atoms with van der Waals surface area (Å²) in [6.07, 6.45) is 9.35. The first-order valence-electron chi connectivity index (χ1n) is 8.92. The van der Waals surface area contributed by atoms with Crippen LogP contribution in [0.2, 0.25) is 0 Å². The second-order valence-corrected chi connectivity index (χ2v) is 6.44. The van der Waals surface area contributed by atoms with Gasteiger partial charge in [0.1, 0.15) is 5.69 Å². The number of aromatic nitrogens is 2. The zero-order chi connectivity index (χ0) is 18.4. The van der Waals surface area contributed by atoms with Crippen molar-refractivity contribution in [2.75, 3.05) is 26.2 Å². The first-order valence-corrected chi connectivity index (χ1v) is 8.92. The summed E-state index contributed by atoms with van der Waals surface area (Å²) in [4.78, 5) is 29.5. The Balaban J connectivity index is 1.58. The number of nitro groups is 1. The van der Waals surface area contributed by atoms with Gasteiger partial charge in [0.2, 0.25) is 0 Å². The van der Waals surface area contributed by atoms with Crippen LogP contribution in [0.4, 0.5) is 5.69 Å². The minimum absolute atomic E-state index is 0.121. The molecule has 1 aliphatic rings. The molecule has 26 heavy (non-hydrogen) atoms. The van der Waals surface area contributed by atoms with E-state index in [0.29, 0.717) is 17.8 Å². The van der Waals surface area contributed by atoms with E-state index in [9.17, 15) is 14.9 Å². The number of likely N-dealkylation sites (tertiary alicyclic amines) is 1. The fraction of sp³-hybridized carbons (Fsp3) is 0.444. The maximum atomic E-state index is 12.3. The summed E-state index contributed by atoms with van der Waals surface area (Å²) in [5, 5.41) is 14.2. The molecule has 138 valence electrons. The number of carbonyl (C=O) groups excluding carboxylic acids is 1. The van der Waals surface area contributed by atoms with Crippen molar-refractivity contribution in [2.24, 2.45) is 0 Å². The lowest BCUT2D eigenvalue weighted by Crippen LogP contribution is -2.33. The molecule has 2 aromatic rings. The van der Waals surface area contributed by atoms with Crippen LogP contribution in [0.1, 0.15) is 36.0 Å². The van der Waals surface area contributed by atoms with Crippen molar-refractivity contribution in [3.8, 4) is 5.69 Å². The van der Waals surface area contributed by atoms with Gasteiger partial charge >= 0.3 is 0 Å². The monoisotopic (exact) mass is 357 g/mol. The molecule has 8 heteroatoms. The molecule has 0 radical (unpaired) electrons. The van der Waals surface area contributed by atoms with Crippen molar-refractivity contribution < 1.29 is 9.72 Å². The molecule has 1 amide bonds. The van der Waals surface area contributed by atoms with E-state index in [-0.39, 0.29) is 11.6 Å². The second kappa shape index (κ2) is 8.57. The summed E-state index contributed by atoms with van der Waals surface area (Å²) >= 11 is 0. The average molecular weight is 357 g/mol. The topological polar surface area (TPSA) is 93.3 Å². The van der Waals surface area contributed by atoms with Gasteiger partial charge < -0.3 is 14.8 Å². The first-order chi connectivity index (χ1) is 12.6. The first kappa shape index (κ1) is 18.1. The van der Waals surface area contributed by atoms with Gasteiger partial charge in [-0.3, -0.25) is 14.9 Å². The molecule has 0 saturated carbocycles. The number of imidazole rings is 1. The van der Waals surface area contributed by atoms with Crippen LogP contribution in [0.5, 0.6) is 0 Å². The predicted molar refractivity (Wildman–Crippen MR) is 97.5 cm³/mol. The van der Waals surface area contributed by atoms with Gasteiger partial charge in [-0.25, -0.2) is 4.98 Å². The van der Waals surface area contributed by atoms with Crippen LogP contribution >= 0.6 is 0 Å². The molecule has 3 rings (SSSR count). The van der Waals surface area contributed by atoms with Gasteiger partial charge in [-0.15, -0.1) is 0 Å². The van der Waals surface area contributed by atoms with Crippen LogP contribution in [0.25, 0.3) is 5.69 Å². The maximum absolute atomic E-state index is 12.3. The molecule has 1 aromatic carbocycles. The lowest BCUT2D eigenvalue weighted by Gasteiger charge is -2.26. The highest BCUT2D eigenvalue weighted by Crippen LogP contribution is 2.24. The standard InChI is InChI=1S/C18H23N5O3/c24-18(20-7-4-11-21-9-2-1-3-10-21)15-5-6-16(17(13-15)23(25)26)22-12-8-19-14-22/h5-6,8,12-14H,1-4,7,9-11H2,(H,20,24). The van der Waals surface area contributed by atoms with Gasteiger partial charge in [0.25, 0.3) is 11.6 Å². The zero-order valence-corrected chi connectivity index (χ0v) is 14.6. The number of nitro benzene ring substituents is 1. The zero-order valence-electron chi connectivity index (χ0n) is 14.6. The summed E-state index contributed by atoms with van der Waals surface area (Å²) < 4.78 is 1.55. The van der Waals surface area contributed by atoms with E-state index in [4.69, 9.17) is 0 Å². The van der Waals surface area contributed by atoms with E-state index in [0.717, 1.165) is 26.1 Å². The molecule has 2 heterocycles. The Kier molecular flexibility index (Phi) is 5.96. The van der Waals surface area contributed by atoms with Crippen LogP contribution in [-0.2, 0) is 0 Å². The Hall–Kier alpha value is -2.74. The largest absolute Gasteiger partial charge is 0.352 e. The van der Waals surface area contributed by atoms with E-state index in [2.05, 4.69) is 15.2 Å². The molecular formula is C18H23N5O3. The molecule has 0 aliphatic carbocycles. The highest BCUT2D eigenvalue weighted by Gasteiger charge is 2.18. The number of piperidine rings is 1. The van der Waals surface area contributed by atoms with Gasteiger partial charge in [-0.05, 0) is 51.0 Å². The van der Waals surface area contributed by atoms with Crippen molar-refractivity contribution in [1.82, 2.24) is 19.8 Å². The van der Waals surface area contributed by atoms with E-state index in [1.807, 2.05) is 0 Å². The van der Waals surface area contributed by atoms with Crippen molar-refractivity contribution in [2.45, 2.75) is 25.7 Å². The summed E-state index contributed by atoms with van der Waals surface area (Å²) in [5.74, 6) is -0.288. The van der Waals surface area contributed by atoms with Gasteiger partial charge in [0.15, 0.2) is 0 Å². The van der Waals surface area contributed by atoms with E-state index >= 15 is 0 Å². The third kappa shape index (κ3) is 4.45. The molecule has 1 aromatic heterocycles. The fourth-order valence-corrected chi connectivity index (χ4v) is 3.22. The molecule has 0 unspecified atom stereocenters. The number of carbonyl (C=O) groups is 1. The Morgan fingerprint density at radius 1 is 1.27 bits per heavy atom. The smallest absolute Gasteiger partial charge is 0.294 e. The van der Waals surface area contributed by atoms with Crippen molar-refractivity contribution in [3.05, 3.63) is 52.6 Å². The third-order valence-corrected chi connectivity index (χ3v) is 4.60. The molecule has 1 aliphatic heterocycles. The van der Waals surface area contributed by atoms with Gasteiger partial charge in [-0.2, -0.15) is 0 Å². The number of nitrogens with zero attached hydrogens (tertiary/aromatic N) is 4. The number of amides is 1. The highest BCUT2D eigenvalue weighted by molar-refractivity contribution is 5.95. The second-order valence-electron chi connectivity index (χ2n) is 6.44. The SMILES string of the molecule is O=C(NCCCN1CCCCC1)c1ccc(-n2ccnc2)c([N+](=O)[O-])c1. The number of hydrogen-bond donors (Lipinski definition) is 1. The molecule has 0 atom stereocenters. The predicted octanol–water partition coefficient (Wildman–Crippen LogP) is 2.39. The van der Waals surface area contributed by atoms with Crippen molar-refractivity contribution in [1.29, 1.82) is 0 Å². The molecule has 1 N–H and O–H groups in total. The molecule has 0 bridgehead atoms. The number of nitrogens with one attached hydrogen (secondary N) is 1. The Morgan fingerprint density at radius 2 is 2.08 bits per heavy atom. The van der Waals surface area contributed by atoms with Gasteiger partial charge in [0.05, 0.1) is 11.3 Å². The normalized spacial score (nSPS) is 14.9. The minimum atomic E-state index is -0.484. The Bertz CT molecular complexity index is 754. The lowest BCUT2D eigenvalue weighted by molar-refractivity contribution is -0.384. The third-order valence-electron chi connectivity index (χ3n) is 4.60. The van der Waals surface area contributed by atoms with Gasteiger partial charge in [-0.1, -0.05) is 6.42 Å². The lowest BCUT2D eigenvalue weighted by atomic mass is 10.1. The molecular weight excluding hydrogens is 334 g/mol. The number of rotatable bonds is 7. The van der Waals surface area contributed by atoms with Crippen LogP contribution < -0.4 is 5.32 Å². The van der Waals surface area contributed by atoms with Crippen LogP contribution in [-0.4, -0.2) is 51.5 Å². The fourth-order valence-electron chi connectivity index (χ4n) is 3.22. The Labute approximate surface area is 152 Å². The van der Waals surface area contributed by atoms with Crippen LogP contribution in [0, 0.1) is 10.1 Å².